The summed E-state index contributed by atoms with van der Waals surface area (Å²) in [6, 6.07) is 7.98. The molecular formula is C12H14N2OS. The van der Waals surface area contributed by atoms with E-state index >= 15 is 0 Å². The Kier molecular flexibility index (Phi) is 3.91. The lowest BCUT2D eigenvalue weighted by Gasteiger charge is -2.05. The van der Waals surface area contributed by atoms with E-state index in [4.69, 9.17) is 10.5 Å². The van der Waals surface area contributed by atoms with Crippen LogP contribution in [0.5, 0.6) is 0 Å². The first kappa shape index (κ1) is 11.1. The lowest BCUT2D eigenvalue weighted by Crippen LogP contribution is -2.02. The van der Waals surface area contributed by atoms with Crippen LogP contribution in [0.15, 0.2) is 35.8 Å². The molecule has 4 heteroatoms. The highest BCUT2D eigenvalue weighted by atomic mass is 32.1. The molecule has 0 aliphatic carbocycles. The highest BCUT2D eigenvalue weighted by molar-refractivity contribution is 7.09. The molecule has 0 amide bonds. The molecule has 0 spiro atoms. The van der Waals surface area contributed by atoms with Gasteiger partial charge < -0.3 is 10.5 Å². The SMILES string of the molecule is Nc1ncccc1COCCc1cccs1. The molecule has 2 heterocycles. The van der Waals surface area contributed by atoms with Crippen LogP contribution in [0.25, 0.3) is 0 Å². The molecule has 0 bridgehead atoms. The Morgan fingerprint density at radius 2 is 2.25 bits per heavy atom. The molecule has 0 radical (unpaired) electrons. The summed E-state index contributed by atoms with van der Waals surface area (Å²) in [5, 5.41) is 2.08. The van der Waals surface area contributed by atoms with E-state index in [2.05, 4.69) is 22.5 Å². The minimum atomic E-state index is 0.533. The van der Waals surface area contributed by atoms with Gasteiger partial charge >= 0.3 is 0 Å². The van der Waals surface area contributed by atoms with Gasteiger partial charge in [-0.3, -0.25) is 0 Å². The van der Waals surface area contributed by atoms with Gasteiger partial charge in [-0.25, -0.2) is 4.98 Å². The maximum Gasteiger partial charge on any atom is 0.128 e. The van der Waals surface area contributed by atoms with Crippen LogP contribution in [0, 0.1) is 0 Å². The Labute approximate surface area is 98.9 Å². The Balaban J connectivity index is 1.74. The lowest BCUT2D eigenvalue weighted by atomic mass is 10.3. The molecule has 16 heavy (non-hydrogen) atoms. The van der Waals surface area contributed by atoms with Crippen LogP contribution in [0.4, 0.5) is 5.82 Å². The summed E-state index contributed by atoms with van der Waals surface area (Å²) in [6.45, 7) is 1.25. The number of aromatic nitrogens is 1. The second-order valence-electron chi connectivity index (χ2n) is 3.43. The zero-order valence-electron chi connectivity index (χ0n) is 8.93. The number of anilines is 1. The number of thiophene rings is 1. The molecule has 0 aliphatic heterocycles. The summed E-state index contributed by atoms with van der Waals surface area (Å²) in [6.07, 6.45) is 2.64. The monoisotopic (exact) mass is 234 g/mol. The molecule has 2 aromatic heterocycles. The largest absolute Gasteiger partial charge is 0.383 e. The Morgan fingerprint density at radius 1 is 1.31 bits per heavy atom. The van der Waals surface area contributed by atoms with Crippen LogP contribution in [-0.4, -0.2) is 11.6 Å². The van der Waals surface area contributed by atoms with Gasteiger partial charge in [0.1, 0.15) is 5.82 Å². The van der Waals surface area contributed by atoms with Crippen molar-refractivity contribution in [1.29, 1.82) is 0 Å². The average molecular weight is 234 g/mol. The third-order valence-electron chi connectivity index (χ3n) is 2.26. The van der Waals surface area contributed by atoms with Crippen molar-refractivity contribution in [3.05, 3.63) is 46.3 Å². The summed E-state index contributed by atoms with van der Waals surface area (Å²) < 4.78 is 5.56. The predicted molar refractivity (Wildman–Crippen MR) is 66.3 cm³/mol. The second-order valence-corrected chi connectivity index (χ2v) is 4.46. The quantitative estimate of drug-likeness (QED) is 0.808. The minimum Gasteiger partial charge on any atom is -0.383 e. The number of ether oxygens (including phenoxy) is 1. The van der Waals surface area contributed by atoms with E-state index in [1.807, 2.05) is 12.1 Å². The maximum absolute atomic E-state index is 5.71. The Morgan fingerprint density at radius 3 is 3.00 bits per heavy atom. The van der Waals surface area contributed by atoms with Gasteiger partial charge in [0.05, 0.1) is 13.2 Å². The molecule has 2 N–H and O–H groups in total. The molecule has 0 atom stereocenters. The zero-order valence-corrected chi connectivity index (χ0v) is 9.74. The summed E-state index contributed by atoms with van der Waals surface area (Å²) in [5.74, 6) is 0.554. The molecule has 84 valence electrons. The van der Waals surface area contributed by atoms with Gasteiger partial charge in [-0.05, 0) is 17.5 Å². The highest BCUT2D eigenvalue weighted by Gasteiger charge is 1.99. The summed E-state index contributed by atoms with van der Waals surface area (Å²) in [7, 11) is 0. The van der Waals surface area contributed by atoms with E-state index in [0.717, 1.165) is 18.6 Å². The summed E-state index contributed by atoms with van der Waals surface area (Å²) in [4.78, 5) is 5.35. The van der Waals surface area contributed by atoms with Gasteiger partial charge in [-0.1, -0.05) is 12.1 Å². The number of pyridine rings is 1. The topological polar surface area (TPSA) is 48.1 Å². The fourth-order valence-corrected chi connectivity index (χ4v) is 2.07. The molecule has 0 aliphatic rings. The fourth-order valence-electron chi connectivity index (χ4n) is 1.38. The molecule has 3 nitrogen and oxygen atoms in total. The highest BCUT2D eigenvalue weighted by Crippen LogP contribution is 2.11. The third kappa shape index (κ3) is 3.05. The van der Waals surface area contributed by atoms with Gasteiger partial charge in [0.2, 0.25) is 0 Å². The first-order valence-corrected chi connectivity index (χ1v) is 6.04. The van der Waals surface area contributed by atoms with Crippen LogP contribution < -0.4 is 5.73 Å². The van der Waals surface area contributed by atoms with Crippen molar-refractivity contribution in [2.45, 2.75) is 13.0 Å². The van der Waals surface area contributed by atoms with Crippen LogP contribution in [0.3, 0.4) is 0 Å². The number of hydrogen-bond donors (Lipinski definition) is 1. The molecule has 0 fully saturated rings. The predicted octanol–water partition coefficient (Wildman–Crippen LogP) is 2.48. The molecule has 0 saturated carbocycles. The van der Waals surface area contributed by atoms with Crippen LogP contribution in [0.1, 0.15) is 10.4 Å². The van der Waals surface area contributed by atoms with Crippen molar-refractivity contribution in [2.24, 2.45) is 0 Å². The van der Waals surface area contributed by atoms with Crippen molar-refractivity contribution >= 4 is 17.2 Å². The molecule has 0 unspecified atom stereocenters. The third-order valence-corrected chi connectivity index (χ3v) is 3.19. The van der Waals surface area contributed by atoms with Crippen molar-refractivity contribution in [2.75, 3.05) is 12.3 Å². The van der Waals surface area contributed by atoms with Gasteiger partial charge in [-0.15, -0.1) is 11.3 Å². The zero-order chi connectivity index (χ0) is 11.2. The van der Waals surface area contributed by atoms with Gasteiger partial charge in [0.15, 0.2) is 0 Å². The van der Waals surface area contributed by atoms with Crippen molar-refractivity contribution in [3.63, 3.8) is 0 Å². The lowest BCUT2D eigenvalue weighted by molar-refractivity contribution is 0.124. The first-order valence-electron chi connectivity index (χ1n) is 5.16. The number of hydrogen-bond acceptors (Lipinski definition) is 4. The number of nitrogen functional groups attached to an aromatic ring is 1. The van der Waals surface area contributed by atoms with Crippen LogP contribution in [0.2, 0.25) is 0 Å². The minimum absolute atomic E-state index is 0.533. The normalized spacial score (nSPS) is 10.5. The molecule has 0 aromatic carbocycles. The first-order chi connectivity index (χ1) is 7.86. The Hall–Kier alpha value is -1.39. The molecule has 0 saturated heterocycles. The summed E-state index contributed by atoms with van der Waals surface area (Å²) in [5.41, 5.74) is 6.66. The Bertz CT molecular complexity index is 428. The standard InChI is InChI=1S/C12H14N2OS/c13-12-10(3-1-6-14-12)9-15-7-5-11-4-2-8-16-11/h1-4,6,8H,5,7,9H2,(H2,13,14). The number of nitrogens with zero attached hydrogens (tertiary/aromatic N) is 1. The van der Waals surface area contributed by atoms with E-state index in [1.54, 1.807) is 17.5 Å². The van der Waals surface area contributed by atoms with E-state index in [9.17, 15) is 0 Å². The van der Waals surface area contributed by atoms with Crippen molar-refractivity contribution < 1.29 is 4.74 Å². The van der Waals surface area contributed by atoms with E-state index in [0.29, 0.717) is 12.4 Å². The van der Waals surface area contributed by atoms with Gasteiger partial charge in [0.25, 0.3) is 0 Å². The average Bonchev–Trinajstić information content (AvgIpc) is 2.79. The molecule has 2 aromatic rings. The molecule has 2 rings (SSSR count). The van der Waals surface area contributed by atoms with Crippen molar-refractivity contribution in [3.8, 4) is 0 Å². The van der Waals surface area contributed by atoms with Crippen LogP contribution in [-0.2, 0) is 17.8 Å². The van der Waals surface area contributed by atoms with E-state index < -0.39 is 0 Å². The summed E-state index contributed by atoms with van der Waals surface area (Å²) >= 11 is 1.76. The second kappa shape index (κ2) is 5.63. The fraction of sp³-hybridized carbons (Fsp3) is 0.250. The van der Waals surface area contributed by atoms with E-state index in [-0.39, 0.29) is 0 Å². The maximum atomic E-state index is 5.71. The molecular weight excluding hydrogens is 220 g/mol. The number of rotatable bonds is 5. The van der Waals surface area contributed by atoms with Crippen LogP contribution >= 0.6 is 11.3 Å². The van der Waals surface area contributed by atoms with Crippen molar-refractivity contribution in [1.82, 2.24) is 4.98 Å². The van der Waals surface area contributed by atoms with E-state index in [1.165, 1.54) is 4.88 Å². The smallest absolute Gasteiger partial charge is 0.128 e. The van der Waals surface area contributed by atoms with Gasteiger partial charge in [0, 0.05) is 23.1 Å². The number of nitrogens with two attached hydrogens (primary N) is 1. The van der Waals surface area contributed by atoms with Gasteiger partial charge in [-0.2, -0.15) is 0 Å².